The molecule has 0 aromatic heterocycles. The summed E-state index contributed by atoms with van der Waals surface area (Å²) in [6.07, 6.45) is 5.42. The standard InChI is InChI=1S/C9H16O2/c1-3-4-5-9(6-7-9)8(10)11-2/h3-7H2,1-2H3. The van der Waals surface area contributed by atoms with Gasteiger partial charge in [-0.05, 0) is 19.3 Å². The van der Waals surface area contributed by atoms with Crippen LogP contribution in [0.3, 0.4) is 0 Å². The van der Waals surface area contributed by atoms with Gasteiger partial charge >= 0.3 is 5.97 Å². The molecule has 0 aliphatic heterocycles. The van der Waals surface area contributed by atoms with Crippen LogP contribution in [0.1, 0.15) is 39.0 Å². The molecule has 1 fully saturated rings. The fourth-order valence-corrected chi connectivity index (χ4v) is 1.44. The molecule has 1 rings (SSSR count). The summed E-state index contributed by atoms with van der Waals surface area (Å²) in [5, 5.41) is 0. The van der Waals surface area contributed by atoms with Gasteiger partial charge in [0, 0.05) is 0 Å². The number of carbonyl (C=O) groups excluding carboxylic acids is 1. The van der Waals surface area contributed by atoms with Gasteiger partial charge in [0.05, 0.1) is 12.5 Å². The van der Waals surface area contributed by atoms with Crippen molar-refractivity contribution in [1.29, 1.82) is 0 Å². The molecule has 1 saturated carbocycles. The highest BCUT2D eigenvalue weighted by molar-refractivity contribution is 5.79. The molecule has 0 N–H and O–H groups in total. The van der Waals surface area contributed by atoms with E-state index >= 15 is 0 Å². The number of hydrogen-bond acceptors (Lipinski definition) is 2. The molecule has 0 bridgehead atoms. The van der Waals surface area contributed by atoms with Gasteiger partial charge in [0.25, 0.3) is 0 Å². The van der Waals surface area contributed by atoms with Gasteiger partial charge in [-0.15, -0.1) is 0 Å². The largest absolute Gasteiger partial charge is 0.469 e. The van der Waals surface area contributed by atoms with E-state index in [0.29, 0.717) is 0 Å². The first-order valence-corrected chi connectivity index (χ1v) is 4.33. The quantitative estimate of drug-likeness (QED) is 0.583. The fraction of sp³-hybridized carbons (Fsp3) is 0.889. The minimum atomic E-state index is -0.0508. The summed E-state index contributed by atoms with van der Waals surface area (Å²) < 4.78 is 4.74. The fourth-order valence-electron chi connectivity index (χ4n) is 1.44. The highest BCUT2D eigenvalue weighted by Crippen LogP contribution is 2.50. The van der Waals surface area contributed by atoms with Crippen LogP contribution in [0.15, 0.2) is 0 Å². The molecule has 0 amide bonds. The Labute approximate surface area is 67.9 Å². The molecule has 0 saturated heterocycles. The highest BCUT2D eigenvalue weighted by atomic mass is 16.5. The maximum atomic E-state index is 11.2. The monoisotopic (exact) mass is 156 g/mol. The van der Waals surface area contributed by atoms with E-state index in [4.69, 9.17) is 4.74 Å². The minimum absolute atomic E-state index is 0.00551. The van der Waals surface area contributed by atoms with Crippen molar-refractivity contribution in [2.75, 3.05) is 7.11 Å². The van der Waals surface area contributed by atoms with Crippen LogP contribution in [0, 0.1) is 5.41 Å². The Kier molecular flexibility index (Phi) is 2.53. The van der Waals surface area contributed by atoms with Crippen molar-refractivity contribution < 1.29 is 9.53 Å². The van der Waals surface area contributed by atoms with Crippen LogP contribution in [0.25, 0.3) is 0 Å². The molecule has 0 radical (unpaired) electrons. The molecule has 0 atom stereocenters. The Morgan fingerprint density at radius 2 is 2.18 bits per heavy atom. The summed E-state index contributed by atoms with van der Waals surface area (Å²) in [6, 6.07) is 0. The zero-order chi connectivity index (χ0) is 8.32. The average Bonchev–Trinajstić information content (AvgIpc) is 2.80. The zero-order valence-corrected chi connectivity index (χ0v) is 7.35. The first-order valence-electron chi connectivity index (χ1n) is 4.33. The Hall–Kier alpha value is -0.530. The third kappa shape index (κ3) is 1.73. The van der Waals surface area contributed by atoms with Gasteiger partial charge in [0.15, 0.2) is 0 Å². The third-order valence-electron chi connectivity index (χ3n) is 2.48. The van der Waals surface area contributed by atoms with Crippen molar-refractivity contribution in [3.63, 3.8) is 0 Å². The van der Waals surface area contributed by atoms with E-state index in [2.05, 4.69) is 6.92 Å². The Balaban J connectivity index is 2.34. The van der Waals surface area contributed by atoms with Crippen molar-refractivity contribution in [1.82, 2.24) is 0 Å². The van der Waals surface area contributed by atoms with E-state index < -0.39 is 0 Å². The topological polar surface area (TPSA) is 26.3 Å². The van der Waals surface area contributed by atoms with Gasteiger partial charge in [-0.2, -0.15) is 0 Å². The summed E-state index contributed by atoms with van der Waals surface area (Å²) in [7, 11) is 1.48. The maximum Gasteiger partial charge on any atom is 0.311 e. The Morgan fingerprint density at radius 3 is 2.55 bits per heavy atom. The molecule has 0 spiro atoms. The van der Waals surface area contributed by atoms with Crippen molar-refractivity contribution in [3.05, 3.63) is 0 Å². The van der Waals surface area contributed by atoms with Gasteiger partial charge < -0.3 is 4.74 Å². The predicted molar refractivity (Wildman–Crippen MR) is 43.2 cm³/mol. The predicted octanol–water partition coefficient (Wildman–Crippen LogP) is 2.13. The molecular formula is C9H16O2. The smallest absolute Gasteiger partial charge is 0.311 e. The Morgan fingerprint density at radius 1 is 1.55 bits per heavy atom. The summed E-state index contributed by atoms with van der Waals surface area (Å²) in [5.74, 6) is 0.00551. The van der Waals surface area contributed by atoms with Crippen LogP contribution in [0.4, 0.5) is 0 Å². The van der Waals surface area contributed by atoms with Gasteiger partial charge in [-0.1, -0.05) is 19.8 Å². The molecule has 0 aromatic carbocycles. The van der Waals surface area contributed by atoms with Crippen molar-refractivity contribution in [2.24, 2.45) is 5.41 Å². The number of methoxy groups -OCH3 is 1. The second kappa shape index (κ2) is 3.24. The molecule has 0 unspecified atom stereocenters. The minimum Gasteiger partial charge on any atom is -0.469 e. The van der Waals surface area contributed by atoms with Crippen LogP contribution in [0.2, 0.25) is 0 Å². The number of rotatable bonds is 4. The van der Waals surface area contributed by atoms with E-state index in [9.17, 15) is 4.79 Å². The molecule has 0 heterocycles. The van der Waals surface area contributed by atoms with E-state index in [0.717, 1.165) is 25.7 Å². The molecule has 11 heavy (non-hydrogen) atoms. The van der Waals surface area contributed by atoms with E-state index in [-0.39, 0.29) is 11.4 Å². The van der Waals surface area contributed by atoms with Crippen LogP contribution < -0.4 is 0 Å². The van der Waals surface area contributed by atoms with Crippen molar-refractivity contribution in [3.8, 4) is 0 Å². The summed E-state index contributed by atoms with van der Waals surface area (Å²) in [4.78, 5) is 11.2. The molecule has 1 aliphatic rings. The van der Waals surface area contributed by atoms with Crippen molar-refractivity contribution in [2.45, 2.75) is 39.0 Å². The molecular weight excluding hydrogens is 140 g/mol. The summed E-state index contributed by atoms with van der Waals surface area (Å²) >= 11 is 0. The lowest BCUT2D eigenvalue weighted by Gasteiger charge is -2.10. The van der Waals surface area contributed by atoms with Gasteiger partial charge in [-0.3, -0.25) is 4.79 Å². The van der Waals surface area contributed by atoms with Gasteiger partial charge in [0.2, 0.25) is 0 Å². The van der Waals surface area contributed by atoms with E-state index in [1.54, 1.807) is 0 Å². The molecule has 2 heteroatoms. The lowest BCUT2D eigenvalue weighted by atomic mass is 10.00. The molecule has 64 valence electrons. The molecule has 2 nitrogen and oxygen atoms in total. The SMILES string of the molecule is CCCCC1(C(=O)OC)CC1. The second-order valence-electron chi connectivity index (χ2n) is 3.38. The molecule has 1 aliphatic carbocycles. The zero-order valence-electron chi connectivity index (χ0n) is 7.35. The average molecular weight is 156 g/mol. The van der Waals surface area contributed by atoms with Gasteiger partial charge in [-0.25, -0.2) is 0 Å². The van der Waals surface area contributed by atoms with Crippen molar-refractivity contribution >= 4 is 5.97 Å². The van der Waals surface area contributed by atoms with Gasteiger partial charge in [0.1, 0.15) is 0 Å². The summed E-state index contributed by atoms with van der Waals surface area (Å²) in [5.41, 5.74) is -0.0508. The number of carbonyl (C=O) groups is 1. The number of ether oxygens (including phenoxy) is 1. The lowest BCUT2D eigenvalue weighted by Crippen LogP contribution is -2.17. The normalized spacial score (nSPS) is 19.5. The first-order chi connectivity index (χ1) is 5.25. The number of esters is 1. The Bertz CT molecular complexity index is 148. The number of hydrogen-bond donors (Lipinski definition) is 0. The summed E-state index contributed by atoms with van der Waals surface area (Å²) in [6.45, 7) is 2.15. The third-order valence-corrected chi connectivity index (χ3v) is 2.48. The van der Waals surface area contributed by atoms with Crippen LogP contribution in [-0.2, 0) is 9.53 Å². The van der Waals surface area contributed by atoms with E-state index in [1.165, 1.54) is 13.5 Å². The van der Waals surface area contributed by atoms with Crippen LogP contribution >= 0.6 is 0 Å². The van der Waals surface area contributed by atoms with E-state index in [1.807, 2.05) is 0 Å². The highest BCUT2D eigenvalue weighted by Gasteiger charge is 2.49. The van der Waals surface area contributed by atoms with Crippen LogP contribution in [-0.4, -0.2) is 13.1 Å². The first kappa shape index (κ1) is 8.57. The molecule has 0 aromatic rings. The lowest BCUT2D eigenvalue weighted by molar-refractivity contribution is -0.147. The van der Waals surface area contributed by atoms with Crippen LogP contribution in [0.5, 0.6) is 0 Å². The second-order valence-corrected chi connectivity index (χ2v) is 3.38. The number of unbranched alkanes of at least 4 members (excludes halogenated alkanes) is 1. The maximum absolute atomic E-state index is 11.2.